The van der Waals surface area contributed by atoms with E-state index < -0.39 is 0 Å². The molecular weight excluding hydrogens is 246 g/mol. The lowest BCUT2D eigenvalue weighted by Gasteiger charge is -2.34. The molecule has 1 aliphatic carbocycles. The average molecular weight is 263 g/mol. The first kappa shape index (κ1) is 11.9. The van der Waals surface area contributed by atoms with Crippen molar-refractivity contribution in [1.82, 2.24) is 15.3 Å². The summed E-state index contributed by atoms with van der Waals surface area (Å²) in [6.45, 7) is 3.15. The molecule has 4 nitrogen and oxygen atoms in total. The second kappa shape index (κ2) is 4.82. The number of rotatable bonds is 4. The molecule has 2 aromatic heterocycles. The quantitative estimate of drug-likeness (QED) is 0.920. The lowest BCUT2D eigenvalue weighted by molar-refractivity contribution is 0.0632. The van der Waals surface area contributed by atoms with Gasteiger partial charge < -0.3 is 10.1 Å². The number of aryl methyl sites for hydroxylation is 1. The van der Waals surface area contributed by atoms with Gasteiger partial charge in [0, 0.05) is 0 Å². The molecule has 0 atom stereocenters. The van der Waals surface area contributed by atoms with Crippen LogP contribution in [0.15, 0.2) is 11.7 Å². The number of thiophene rings is 1. The number of nitrogens with one attached hydrogen (secondary N) is 1. The van der Waals surface area contributed by atoms with Gasteiger partial charge in [0.2, 0.25) is 5.88 Å². The summed E-state index contributed by atoms with van der Waals surface area (Å²) in [6.07, 6.45) is 4.16. The summed E-state index contributed by atoms with van der Waals surface area (Å²) >= 11 is 1.67. The van der Waals surface area contributed by atoms with Crippen molar-refractivity contribution in [3.05, 3.63) is 17.3 Å². The molecule has 1 N–H and O–H groups in total. The number of hydrogen-bond acceptors (Lipinski definition) is 5. The number of ether oxygens (including phenoxy) is 1. The van der Waals surface area contributed by atoms with Crippen LogP contribution >= 0.6 is 11.3 Å². The Bertz CT molecular complexity index is 548. The molecule has 3 rings (SSSR count). The van der Waals surface area contributed by atoms with Crippen molar-refractivity contribution >= 4 is 21.6 Å². The number of nitrogens with zero attached hydrogens (tertiary/aromatic N) is 2. The van der Waals surface area contributed by atoms with E-state index in [1.54, 1.807) is 17.7 Å². The molecule has 5 heteroatoms. The van der Waals surface area contributed by atoms with Gasteiger partial charge in [-0.25, -0.2) is 9.97 Å². The molecule has 18 heavy (non-hydrogen) atoms. The molecule has 0 aliphatic heterocycles. The molecule has 0 unspecified atom stereocenters. The first-order valence-electron chi connectivity index (χ1n) is 6.28. The minimum Gasteiger partial charge on any atom is -0.473 e. The third-order valence-corrected chi connectivity index (χ3v) is 4.54. The molecule has 1 fully saturated rings. The fourth-order valence-electron chi connectivity index (χ4n) is 2.42. The Morgan fingerprint density at radius 3 is 3.06 bits per heavy atom. The minimum atomic E-state index is 0.323. The van der Waals surface area contributed by atoms with Crippen LogP contribution in [0, 0.1) is 12.8 Å². The van der Waals surface area contributed by atoms with E-state index in [9.17, 15) is 0 Å². The predicted octanol–water partition coefficient (Wildman–Crippen LogP) is 2.38. The fraction of sp³-hybridized carbons (Fsp3) is 0.538. The van der Waals surface area contributed by atoms with Crippen LogP contribution < -0.4 is 10.1 Å². The van der Waals surface area contributed by atoms with Crippen LogP contribution in [-0.4, -0.2) is 29.7 Å². The highest BCUT2D eigenvalue weighted by Crippen LogP contribution is 2.35. The third kappa shape index (κ3) is 2.08. The van der Waals surface area contributed by atoms with E-state index in [1.807, 2.05) is 7.05 Å². The molecule has 0 aromatic carbocycles. The van der Waals surface area contributed by atoms with E-state index in [0.29, 0.717) is 6.10 Å². The standard InChI is InChI=1S/C13H17N3OS/c1-8-6-18-12-11(8)15-7-16-13(12)17-10-3-9(4-10)5-14-2/h6-7,9-10,14H,3-5H2,1-2H3. The highest BCUT2D eigenvalue weighted by molar-refractivity contribution is 7.17. The SMILES string of the molecule is CNCC1CC(Oc2ncnc3c(C)csc23)C1. The predicted molar refractivity (Wildman–Crippen MR) is 73.2 cm³/mol. The summed E-state index contributed by atoms with van der Waals surface area (Å²) in [4.78, 5) is 8.58. The Hall–Kier alpha value is -1.20. The van der Waals surface area contributed by atoms with Crippen molar-refractivity contribution in [1.29, 1.82) is 0 Å². The molecule has 0 spiro atoms. The molecular formula is C13H17N3OS. The molecule has 96 valence electrons. The third-order valence-electron chi connectivity index (χ3n) is 3.46. The Balaban J connectivity index is 1.72. The van der Waals surface area contributed by atoms with Crippen LogP contribution in [0.5, 0.6) is 5.88 Å². The summed E-state index contributed by atoms with van der Waals surface area (Å²) in [6, 6.07) is 0. The van der Waals surface area contributed by atoms with Crippen molar-refractivity contribution < 1.29 is 4.74 Å². The van der Waals surface area contributed by atoms with Crippen LogP contribution in [0.3, 0.4) is 0 Å². The summed E-state index contributed by atoms with van der Waals surface area (Å²) in [5, 5.41) is 5.32. The van der Waals surface area contributed by atoms with E-state index in [0.717, 1.165) is 41.4 Å². The van der Waals surface area contributed by atoms with Crippen LogP contribution in [0.2, 0.25) is 0 Å². The Morgan fingerprint density at radius 2 is 2.28 bits per heavy atom. The largest absolute Gasteiger partial charge is 0.473 e. The van der Waals surface area contributed by atoms with E-state index in [1.165, 1.54) is 5.56 Å². The van der Waals surface area contributed by atoms with E-state index in [4.69, 9.17) is 4.74 Å². The van der Waals surface area contributed by atoms with Gasteiger partial charge in [0.15, 0.2) is 0 Å². The lowest BCUT2D eigenvalue weighted by atomic mass is 9.82. The van der Waals surface area contributed by atoms with Crippen LogP contribution in [0.4, 0.5) is 0 Å². The van der Waals surface area contributed by atoms with Gasteiger partial charge in [0.05, 0.1) is 5.52 Å². The summed E-state index contributed by atoms with van der Waals surface area (Å²) in [7, 11) is 2.00. The van der Waals surface area contributed by atoms with E-state index in [-0.39, 0.29) is 0 Å². The monoisotopic (exact) mass is 263 g/mol. The first-order chi connectivity index (χ1) is 8.78. The zero-order chi connectivity index (χ0) is 12.5. The Labute approximate surface area is 110 Å². The zero-order valence-electron chi connectivity index (χ0n) is 10.6. The molecule has 0 bridgehead atoms. The van der Waals surface area contributed by atoms with Crippen molar-refractivity contribution in [3.8, 4) is 5.88 Å². The first-order valence-corrected chi connectivity index (χ1v) is 7.16. The van der Waals surface area contributed by atoms with Gasteiger partial charge in [0.1, 0.15) is 17.1 Å². The summed E-state index contributed by atoms with van der Waals surface area (Å²) < 4.78 is 7.06. The van der Waals surface area contributed by atoms with Crippen molar-refractivity contribution in [2.24, 2.45) is 5.92 Å². The number of hydrogen-bond donors (Lipinski definition) is 1. The van der Waals surface area contributed by atoms with Crippen molar-refractivity contribution in [2.45, 2.75) is 25.9 Å². The van der Waals surface area contributed by atoms with E-state index >= 15 is 0 Å². The number of fused-ring (bicyclic) bond motifs is 1. The summed E-state index contributed by atoms with van der Waals surface area (Å²) in [5.41, 5.74) is 2.22. The Morgan fingerprint density at radius 1 is 1.44 bits per heavy atom. The van der Waals surface area contributed by atoms with Crippen LogP contribution in [0.1, 0.15) is 18.4 Å². The second-order valence-corrected chi connectivity index (χ2v) is 5.79. The maximum absolute atomic E-state index is 5.99. The van der Waals surface area contributed by atoms with Gasteiger partial charge in [-0.15, -0.1) is 11.3 Å². The van der Waals surface area contributed by atoms with Gasteiger partial charge in [-0.05, 0) is 50.2 Å². The molecule has 2 heterocycles. The fourth-order valence-corrected chi connectivity index (χ4v) is 3.35. The van der Waals surface area contributed by atoms with Gasteiger partial charge in [-0.1, -0.05) is 0 Å². The maximum Gasteiger partial charge on any atom is 0.235 e. The highest BCUT2D eigenvalue weighted by Gasteiger charge is 2.31. The zero-order valence-corrected chi connectivity index (χ0v) is 11.5. The molecule has 1 aliphatic rings. The average Bonchev–Trinajstić information content (AvgIpc) is 2.70. The van der Waals surface area contributed by atoms with Crippen LogP contribution in [-0.2, 0) is 0 Å². The van der Waals surface area contributed by atoms with Gasteiger partial charge in [-0.3, -0.25) is 0 Å². The summed E-state index contributed by atoms with van der Waals surface area (Å²) in [5.74, 6) is 1.51. The number of aromatic nitrogens is 2. The van der Waals surface area contributed by atoms with E-state index in [2.05, 4.69) is 27.6 Å². The van der Waals surface area contributed by atoms with Crippen LogP contribution in [0.25, 0.3) is 10.2 Å². The van der Waals surface area contributed by atoms with Gasteiger partial charge in [0.25, 0.3) is 0 Å². The second-order valence-electron chi connectivity index (χ2n) is 4.91. The molecule has 0 radical (unpaired) electrons. The van der Waals surface area contributed by atoms with Crippen molar-refractivity contribution in [3.63, 3.8) is 0 Å². The molecule has 2 aromatic rings. The molecule has 0 saturated heterocycles. The normalized spacial score (nSPS) is 23.0. The van der Waals surface area contributed by atoms with Crippen molar-refractivity contribution in [2.75, 3.05) is 13.6 Å². The topological polar surface area (TPSA) is 47.0 Å². The molecule has 0 amide bonds. The lowest BCUT2D eigenvalue weighted by Crippen LogP contribution is -2.38. The maximum atomic E-state index is 5.99. The molecule has 1 saturated carbocycles. The van der Waals surface area contributed by atoms with Gasteiger partial charge in [-0.2, -0.15) is 0 Å². The highest BCUT2D eigenvalue weighted by atomic mass is 32.1. The Kier molecular flexibility index (Phi) is 3.18. The smallest absolute Gasteiger partial charge is 0.235 e. The minimum absolute atomic E-state index is 0.323. The van der Waals surface area contributed by atoms with Gasteiger partial charge >= 0.3 is 0 Å².